The van der Waals surface area contributed by atoms with Crippen molar-refractivity contribution in [1.29, 1.82) is 0 Å². The maximum Gasteiger partial charge on any atom is 0.0459 e. The Hall–Kier alpha value is -0.320. The molecule has 0 rings (SSSR count). The predicted molar refractivity (Wildman–Crippen MR) is 177 cm³/mol. The number of hydrogen-bond acceptors (Lipinski definition) is 8. The van der Waals surface area contributed by atoms with E-state index in [1.54, 1.807) is 56.9 Å². The van der Waals surface area contributed by atoms with Crippen molar-refractivity contribution in [2.75, 3.05) is 110 Å². The summed E-state index contributed by atoms with van der Waals surface area (Å²) in [6.45, 7) is 23.8. The Balaban J connectivity index is -0.0000000488. The van der Waals surface area contributed by atoms with Gasteiger partial charge in [0, 0.05) is 110 Å². The molecule has 0 saturated heterocycles. The van der Waals surface area contributed by atoms with Crippen molar-refractivity contribution in [2.45, 2.75) is 107 Å². The van der Waals surface area contributed by atoms with Crippen LogP contribution >= 0.6 is 0 Å². The number of ether oxygens (including phenoxy) is 8. The topological polar surface area (TPSA) is 73.8 Å². The molecule has 0 fully saturated rings. The fraction of sp³-hybridized carbons (Fsp3) is 1.00. The molecular weight excluding hydrogens is 512 g/mol. The molecule has 0 atom stereocenters. The molecular formula is C32H80O8. The first-order chi connectivity index (χ1) is 19.3. The summed E-state index contributed by atoms with van der Waals surface area (Å²) >= 11 is 0. The van der Waals surface area contributed by atoms with Crippen molar-refractivity contribution in [2.24, 2.45) is 0 Å². The smallest absolute Gasteiger partial charge is 0.0459 e. The molecule has 8 heteroatoms. The van der Waals surface area contributed by atoms with Crippen LogP contribution in [0, 0.1) is 0 Å². The van der Waals surface area contributed by atoms with Crippen LogP contribution in [0.4, 0.5) is 0 Å². The minimum absolute atomic E-state index is 0.889. The molecule has 0 heterocycles. The zero-order valence-corrected chi connectivity index (χ0v) is 30.6. The highest BCUT2D eigenvalue weighted by atomic mass is 16.5. The molecule has 0 aliphatic carbocycles. The zero-order valence-electron chi connectivity index (χ0n) is 30.6. The highest BCUT2D eigenvalue weighted by Gasteiger charge is 1.69. The Morgan fingerprint density at radius 2 is 0.275 bits per heavy atom. The summed E-state index contributed by atoms with van der Waals surface area (Å²) in [5.74, 6) is 0. The normalized spacial score (nSPS) is 8.40. The van der Waals surface area contributed by atoms with Crippen molar-refractivity contribution in [3.63, 3.8) is 0 Å². The summed E-state index contributed by atoms with van der Waals surface area (Å²) in [5.41, 5.74) is 0. The van der Waals surface area contributed by atoms with Crippen LogP contribution in [-0.4, -0.2) is 110 Å². The summed E-state index contributed by atoms with van der Waals surface area (Å²) in [6.07, 6.45) is 8.97. The molecule has 0 aliphatic rings. The molecule has 0 radical (unpaired) electrons. The molecule has 0 saturated carbocycles. The number of hydrogen-bond donors (Lipinski definition) is 0. The first-order valence-electron chi connectivity index (χ1n) is 15.2. The van der Waals surface area contributed by atoms with Crippen LogP contribution in [0.1, 0.15) is 107 Å². The van der Waals surface area contributed by atoms with Gasteiger partial charge in [0.2, 0.25) is 0 Å². The average molecular weight is 593 g/mol. The van der Waals surface area contributed by atoms with Crippen LogP contribution in [0.5, 0.6) is 0 Å². The first-order valence-corrected chi connectivity index (χ1v) is 15.2. The van der Waals surface area contributed by atoms with E-state index >= 15 is 0 Å². The van der Waals surface area contributed by atoms with E-state index in [1.165, 1.54) is 0 Å². The largest absolute Gasteiger partial charge is 0.385 e. The van der Waals surface area contributed by atoms with Gasteiger partial charge in [0.15, 0.2) is 0 Å². The van der Waals surface area contributed by atoms with E-state index in [4.69, 9.17) is 37.9 Å². The highest BCUT2D eigenvalue weighted by Crippen LogP contribution is 1.73. The molecule has 8 nitrogen and oxygen atoms in total. The molecule has 0 spiro atoms. The average Bonchev–Trinajstić information content (AvgIpc) is 2.95. The van der Waals surface area contributed by atoms with Gasteiger partial charge in [0.25, 0.3) is 0 Å². The van der Waals surface area contributed by atoms with Gasteiger partial charge >= 0.3 is 0 Å². The third kappa shape index (κ3) is 206. The van der Waals surface area contributed by atoms with Crippen molar-refractivity contribution >= 4 is 0 Å². The second kappa shape index (κ2) is 97.9. The van der Waals surface area contributed by atoms with Gasteiger partial charge in [-0.2, -0.15) is 0 Å². The Morgan fingerprint density at radius 1 is 0.200 bits per heavy atom. The van der Waals surface area contributed by atoms with E-state index < -0.39 is 0 Å². The number of rotatable bonds is 16. The van der Waals surface area contributed by atoms with E-state index in [9.17, 15) is 0 Å². The summed E-state index contributed by atoms with van der Waals surface area (Å²) in [4.78, 5) is 0. The monoisotopic (exact) mass is 593 g/mol. The van der Waals surface area contributed by atoms with Crippen LogP contribution < -0.4 is 0 Å². The van der Waals surface area contributed by atoms with Crippen molar-refractivity contribution in [3.8, 4) is 0 Å². The van der Waals surface area contributed by atoms with Crippen molar-refractivity contribution < 1.29 is 37.9 Å². The van der Waals surface area contributed by atoms with Gasteiger partial charge < -0.3 is 37.9 Å². The Bertz CT molecular complexity index is 161. The Kier molecular flexibility index (Phi) is 145. The molecule has 0 bridgehead atoms. The quantitative estimate of drug-likeness (QED) is 0.177. The standard InChI is InChI=1S/8C4H10O/c8*1-3-4-5-2/h8*3-4H2,1-2H3. The summed E-state index contributed by atoms with van der Waals surface area (Å²) in [5, 5.41) is 0. The summed E-state index contributed by atoms with van der Waals surface area (Å²) in [6, 6.07) is 0. The van der Waals surface area contributed by atoms with Crippen molar-refractivity contribution in [1.82, 2.24) is 0 Å². The first kappa shape index (κ1) is 59.2. The number of methoxy groups -OCH3 is 8. The van der Waals surface area contributed by atoms with Gasteiger partial charge in [-0.1, -0.05) is 55.4 Å². The molecule has 0 aromatic heterocycles. The SMILES string of the molecule is CCCOC.CCCOC.CCCOC.CCCOC.CCCOC.CCCOC.CCCOC.CCCOC. The van der Waals surface area contributed by atoms with E-state index in [-0.39, 0.29) is 0 Å². The molecule has 0 aromatic carbocycles. The highest BCUT2D eigenvalue weighted by molar-refractivity contribution is 4.18. The molecule has 0 aromatic rings. The van der Waals surface area contributed by atoms with Crippen LogP contribution in [0.15, 0.2) is 0 Å². The van der Waals surface area contributed by atoms with E-state index in [0.717, 1.165) is 104 Å². The second-order valence-electron chi connectivity index (χ2n) is 7.94. The van der Waals surface area contributed by atoms with Gasteiger partial charge in [-0.3, -0.25) is 0 Å². The van der Waals surface area contributed by atoms with Gasteiger partial charge in [0.05, 0.1) is 0 Å². The molecule has 0 N–H and O–H groups in total. The minimum Gasteiger partial charge on any atom is -0.385 e. The molecule has 0 unspecified atom stereocenters. The Labute approximate surface area is 254 Å². The minimum atomic E-state index is 0.889. The van der Waals surface area contributed by atoms with Crippen molar-refractivity contribution in [3.05, 3.63) is 0 Å². The van der Waals surface area contributed by atoms with Gasteiger partial charge in [-0.05, 0) is 51.4 Å². The van der Waals surface area contributed by atoms with Gasteiger partial charge in [-0.25, -0.2) is 0 Å². The van der Waals surface area contributed by atoms with Crippen LogP contribution in [0.3, 0.4) is 0 Å². The van der Waals surface area contributed by atoms with Gasteiger partial charge in [-0.15, -0.1) is 0 Å². The van der Waals surface area contributed by atoms with E-state index in [1.807, 2.05) is 0 Å². The maximum atomic E-state index is 4.69. The van der Waals surface area contributed by atoms with E-state index in [2.05, 4.69) is 55.4 Å². The predicted octanol–water partition coefficient (Wildman–Crippen LogP) is 8.34. The lowest BCUT2D eigenvalue weighted by Crippen LogP contribution is -1.80. The van der Waals surface area contributed by atoms with Crippen LogP contribution in [0.25, 0.3) is 0 Å². The second-order valence-corrected chi connectivity index (χ2v) is 7.94. The lowest BCUT2D eigenvalue weighted by atomic mass is 10.5. The summed E-state index contributed by atoms with van der Waals surface area (Å²) in [7, 11) is 13.7. The fourth-order valence-corrected chi connectivity index (χ4v) is 1.63. The third-order valence-corrected chi connectivity index (χ3v) is 3.27. The van der Waals surface area contributed by atoms with Crippen LogP contribution in [0.2, 0.25) is 0 Å². The fourth-order valence-electron chi connectivity index (χ4n) is 1.63. The zero-order chi connectivity index (χ0) is 33.0. The molecule has 256 valence electrons. The lowest BCUT2D eigenvalue weighted by molar-refractivity contribution is 0.199. The lowest BCUT2D eigenvalue weighted by Gasteiger charge is -1.84. The maximum absolute atomic E-state index is 4.69. The van der Waals surface area contributed by atoms with E-state index in [0.29, 0.717) is 0 Å². The molecule has 0 amide bonds. The molecule has 0 aliphatic heterocycles. The molecule has 40 heavy (non-hydrogen) atoms. The Morgan fingerprint density at radius 3 is 0.275 bits per heavy atom. The van der Waals surface area contributed by atoms with Crippen LogP contribution in [-0.2, 0) is 37.9 Å². The summed E-state index contributed by atoms with van der Waals surface area (Å²) < 4.78 is 37.5. The van der Waals surface area contributed by atoms with Gasteiger partial charge in [0.1, 0.15) is 0 Å². The third-order valence-electron chi connectivity index (χ3n) is 3.27.